The summed E-state index contributed by atoms with van der Waals surface area (Å²) < 4.78 is 2.16. The van der Waals surface area contributed by atoms with Crippen molar-refractivity contribution in [2.24, 2.45) is 0 Å². The maximum Gasteiger partial charge on any atom is 0.273 e. The van der Waals surface area contributed by atoms with Crippen molar-refractivity contribution in [3.8, 4) is 0 Å². The van der Waals surface area contributed by atoms with Gasteiger partial charge in [0.2, 0.25) is 5.78 Å². The minimum atomic E-state index is -0.0429. The van der Waals surface area contributed by atoms with Crippen LogP contribution < -0.4 is 5.56 Å². The van der Waals surface area contributed by atoms with Crippen LogP contribution in [0.15, 0.2) is 9.27 Å². The third kappa shape index (κ3) is 1.42. The molecule has 0 aliphatic carbocycles. The minimum absolute atomic E-state index is 0.0429. The Balaban J connectivity index is 2.98. The van der Waals surface area contributed by atoms with Gasteiger partial charge in [-0.05, 0) is 36.2 Å². The molecule has 80 valence electrons. The number of aromatic amines is 1. The second-order valence-corrected chi connectivity index (χ2v) is 4.32. The fourth-order valence-electron chi connectivity index (χ4n) is 1.60. The maximum absolute atomic E-state index is 12.0. The molecule has 0 atom stereocenters. The first kappa shape index (κ1) is 10.4. The molecule has 2 rings (SSSR count). The fraction of sp³-hybridized carbons (Fsp3) is 0.400. The highest BCUT2D eigenvalue weighted by Crippen LogP contribution is 2.13. The van der Waals surface area contributed by atoms with E-state index in [0.29, 0.717) is 10.3 Å². The quantitative estimate of drug-likeness (QED) is 0.861. The van der Waals surface area contributed by atoms with Gasteiger partial charge >= 0.3 is 0 Å². The van der Waals surface area contributed by atoms with E-state index in [1.807, 2.05) is 20.8 Å². The van der Waals surface area contributed by atoms with Crippen LogP contribution >= 0.6 is 15.9 Å². The number of imidazole rings is 1. The lowest BCUT2D eigenvalue weighted by Gasteiger charge is -2.01. The van der Waals surface area contributed by atoms with Gasteiger partial charge in [0, 0.05) is 11.4 Å². The number of H-pyrrole nitrogens is 1. The summed E-state index contributed by atoms with van der Waals surface area (Å²) in [7, 11) is 0. The highest BCUT2D eigenvalue weighted by atomic mass is 79.9. The van der Waals surface area contributed by atoms with Gasteiger partial charge in [0.25, 0.3) is 5.56 Å². The first-order valence-corrected chi connectivity index (χ1v) is 5.61. The topological polar surface area (TPSA) is 50.2 Å². The van der Waals surface area contributed by atoms with E-state index < -0.39 is 0 Å². The number of rotatable bonds is 1. The number of aryl methyl sites for hydroxylation is 3. The number of nitrogens with zero attached hydrogens (tertiary/aromatic N) is 2. The van der Waals surface area contributed by atoms with Gasteiger partial charge in [0.15, 0.2) is 0 Å². The van der Waals surface area contributed by atoms with E-state index in [1.54, 1.807) is 4.40 Å². The van der Waals surface area contributed by atoms with Gasteiger partial charge in [-0.3, -0.25) is 4.79 Å². The molecular weight excluding hydrogens is 258 g/mol. The van der Waals surface area contributed by atoms with E-state index >= 15 is 0 Å². The summed E-state index contributed by atoms with van der Waals surface area (Å²) in [4.78, 5) is 19.5. The van der Waals surface area contributed by atoms with E-state index in [2.05, 4.69) is 25.9 Å². The summed E-state index contributed by atoms with van der Waals surface area (Å²) in [5, 5.41) is 0. The van der Waals surface area contributed by atoms with E-state index in [1.165, 1.54) is 0 Å². The van der Waals surface area contributed by atoms with Crippen LogP contribution in [0, 0.1) is 13.8 Å². The summed E-state index contributed by atoms with van der Waals surface area (Å²) in [6.07, 6.45) is 0.740. The monoisotopic (exact) mass is 269 g/mol. The average molecular weight is 270 g/mol. The number of halogens is 1. The molecule has 0 amide bonds. The summed E-state index contributed by atoms with van der Waals surface area (Å²) in [5.74, 6) is 0.620. The van der Waals surface area contributed by atoms with Crippen molar-refractivity contribution in [3.63, 3.8) is 0 Å². The normalized spacial score (nSPS) is 11.2. The molecule has 2 aromatic heterocycles. The number of hydrogen-bond donors (Lipinski definition) is 1. The molecule has 2 heterocycles. The lowest BCUT2D eigenvalue weighted by atomic mass is 10.3. The first-order chi connectivity index (χ1) is 7.06. The predicted octanol–water partition coefficient (Wildman–Crippen LogP) is 1.96. The molecule has 0 aliphatic rings. The molecule has 0 radical (unpaired) electrons. The van der Waals surface area contributed by atoms with Gasteiger partial charge in [-0.1, -0.05) is 6.92 Å². The Morgan fingerprint density at radius 1 is 1.47 bits per heavy atom. The van der Waals surface area contributed by atoms with Crippen molar-refractivity contribution in [1.29, 1.82) is 0 Å². The summed E-state index contributed by atoms with van der Waals surface area (Å²) in [5.41, 5.74) is 2.63. The van der Waals surface area contributed by atoms with Gasteiger partial charge in [0.1, 0.15) is 4.47 Å². The predicted molar refractivity (Wildman–Crippen MR) is 62.4 cm³/mol. The first-order valence-electron chi connectivity index (χ1n) is 4.82. The van der Waals surface area contributed by atoms with Gasteiger partial charge in [-0.15, -0.1) is 0 Å². The van der Waals surface area contributed by atoms with Crippen LogP contribution in [0.5, 0.6) is 0 Å². The molecular formula is C10H12BrN3O. The zero-order valence-corrected chi connectivity index (χ0v) is 10.5. The lowest BCUT2D eigenvalue weighted by Crippen LogP contribution is -2.18. The largest absolute Gasteiger partial charge is 0.327 e. The van der Waals surface area contributed by atoms with Gasteiger partial charge in [-0.2, -0.15) is 0 Å². The second-order valence-electron chi connectivity index (χ2n) is 3.53. The smallest absolute Gasteiger partial charge is 0.273 e. The van der Waals surface area contributed by atoms with Crippen molar-refractivity contribution in [2.75, 3.05) is 0 Å². The summed E-state index contributed by atoms with van der Waals surface area (Å²) in [6, 6.07) is 0. The zero-order valence-electron chi connectivity index (χ0n) is 8.89. The van der Waals surface area contributed by atoms with Crippen molar-refractivity contribution >= 4 is 21.7 Å². The van der Waals surface area contributed by atoms with Crippen molar-refractivity contribution in [2.45, 2.75) is 27.2 Å². The Bertz CT molecular complexity index is 582. The lowest BCUT2D eigenvalue weighted by molar-refractivity contribution is 0.932. The highest BCUT2D eigenvalue weighted by Gasteiger charge is 2.12. The van der Waals surface area contributed by atoms with Crippen LogP contribution in [-0.4, -0.2) is 14.4 Å². The third-order valence-electron chi connectivity index (χ3n) is 2.61. The Labute approximate surface area is 95.5 Å². The Morgan fingerprint density at radius 2 is 2.13 bits per heavy atom. The molecule has 1 N–H and O–H groups in total. The van der Waals surface area contributed by atoms with Crippen LogP contribution in [0.3, 0.4) is 0 Å². The van der Waals surface area contributed by atoms with Crippen molar-refractivity contribution in [3.05, 3.63) is 31.9 Å². The van der Waals surface area contributed by atoms with Crippen LogP contribution in [0.2, 0.25) is 0 Å². The molecule has 0 saturated carbocycles. The molecule has 0 unspecified atom stereocenters. The van der Waals surface area contributed by atoms with Crippen LogP contribution in [0.25, 0.3) is 5.78 Å². The number of aromatic nitrogens is 3. The molecule has 5 heteroatoms. The Kier molecular flexibility index (Phi) is 2.42. The molecule has 0 saturated heterocycles. The fourth-order valence-corrected chi connectivity index (χ4v) is 2.15. The van der Waals surface area contributed by atoms with E-state index in [0.717, 1.165) is 23.5 Å². The second kappa shape index (κ2) is 3.48. The van der Waals surface area contributed by atoms with E-state index in [-0.39, 0.29) is 5.56 Å². The number of fused-ring (bicyclic) bond motifs is 1. The van der Waals surface area contributed by atoms with Gasteiger partial charge in [0.05, 0.1) is 5.69 Å². The Hall–Kier alpha value is -1.10. The zero-order chi connectivity index (χ0) is 11.2. The van der Waals surface area contributed by atoms with E-state index in [4.69, 9.17) is 0 Å². The molecule has 0 fully saturated rings. The van der Waals surface area contributed by atoms with Crippen LogP contribution in [-0.2, 0) is 6.42 Å². The SMILES string of the molecule is CCc1nc2[nH]c(C)c(C)n2c(=O)c1Br. The highest BCUT2D eigenvalue weighted by molar-refractivity contribution is 9.10. The molecule has 15 heavy (non-hydrogen) atoms. The summed E-state index contributed by atoms with van der Waals surface area (Å²) >= 11 is 3.30. The molecule has 2 aromatic rings. The van der Waals surface area contributed by atoms with E-state index in [9.17, 15) is 4.79 Å². The van der Waals surface area contributed by atoms with Gasteiger partial charge < -0.3 is 4.98 Å². The van der Waals surface area contributed by atoms with Crippen LogP contribution in [0.1, 0.15) is 24.0 Å². The number of nitrogens with one attached hydrogen (secondary N) is 1. The third-order valence-corrected chi connectivity index (χ3v) is 3.41. The molecule has 0 bridgehead atoms. The number of hydrogen-bond acceptors (Lipinski definition) is 2. The maximum atomic E-state index is 12.0. The molecule has 0 aliphatic heterocycles. The summed E-state index contributed by atoms with van der Waals surface area (Å²) in [6.45, 7) is 5.81. The minimum Gasteiger partial charge on any atom is -0.327 e. The van der Waals surface area contributed by atoms with Crippen LogP contribution in [0.4, 0.5) is 0 Å². The molecule has 0 spiro atoms. The molecule has 4 nitrogen and oxygen atoms in total. The van der Waals surface area contributed by atoms with Gasteiger partial charge in [-0.25, -0.2) is 9.38 Å². The van der Waals surface area contributed by atoms with Crippen molar-refractivity contribution in [1.82, 2.24) is 14.4 Å². The standard InChI is InChI=1S/C10H12BrN3O/c1-4-7-8(11)9(15)14-6(3)5(2)12-10(14)13-7/h4H2,1-3H3,(H,12,13). The Morgan fingerprint density at radius 3 is 2.73 bits per heavy atom. The average Bonchev–Trinajstić information content (AvgIpc) is 2.49. The molecule has 0 aromatic carbocycles. The van der Waals surface area contributed by atoms with Crippen molar-refractivity contribution < 1.29 is 0 Å².